The number of amides is 3. The summed E-state index contributed by atoms with van der Waals surface area (Å²) in [6, 6.07) is 5.69. The van der Waals surface area contributed by atoms with E-state index >= 15 is 0 Å². The van der Waals surface area contributed by atoms with Crippen LogP contribution in [0.3, 0.4) is 0 Å². The van der Waals surface area contributed by atoms with Crippen LogP contribution in [0.1, 0.15) is 38.2 Å². The van der Waals surface area contributed by atoms with Crippen molar-refractivity contribution in [3.63, 3.8) is 0 Å². The van der Waals surface area contributed by atoms with Gasteiger partial charge in [0, 0.05) is 31.6 Å². The summed E-state index contributed by atoms with van der Waals surface area (Å²) in [5.41, 5.74) is 0.908. The zero-order chi connectivity index (χ0) is 21.7. The number of hydrogen-bond donors (Lipinski definition) is 1. The van der Waals surface area contributed by atoms with Gasteiger partial charge in [-0.25, -0.2) is 4.79 Å². The van der Waals surface area contributed by atoms with Crippen molar-refractivity contribution >= 4 is 35.3 Å². The molecule has 1 aromatic rings. The van der Waals surface area contributed by atoms with Crippen molar-refractivity contribution in [1.82, 2.24) is 15.1 Å². The fourth-order valence-corrected chi connectivity index (χ4v) is 4.10. The number of nitrogens with one attached hydrogen (secondary N) is 1. The van der Waals surface area contributed by atoms with E-state index in [4.69, 9.17) is 16.3 Å². The van der Waals surface area contributed by atoms with Crippen LogP contribution in [-0.2, 0) is 25.7 Å². The maximum Gasteiger partial charge on any atom is 0.318 e. The quantitative estimate of drug-likeness (QED) is 0.690. The SMILES string of the molecule is CC(=O)OCC(=O)C1CCCN1C(=O)C1CCCN1C(=O)NCc1ccc(Cl)cc1. The summed E-state index contributed by atoms with van der Waals surface area (Å²) in [6.07, 6.45) is 2.54. The van der Waals surface area contributed by atoms with Crippen LogP contribution >= 0.6 is 11.6 Å². The van der Waals surface area contributed by atoms with Crippen LogP contribution in [0.5, 0.6) is 0 Å². The zero-order valence-corrected chi connectivity index (χ0v) is 17.7. The van der Waals surface area contributed by atoms with Gasteiger partial charge >= 0.3 is 12.0 Å². The summed E-state index contributed by atoms with van der Waals surface area (Å²) in [6.45, 7) is 2.19. The van der Waals surface area contributed by atoms with E-state index < -0.39 is 18.1 Å². The van der Waals surface area contributed by atoms with Crippen LogP contribution in [0, 0.1) is 0 Å². The van der Waals surface area contributed by atoms with Crippen molar-refractivity contribution in [3.05, 3.63) is 34.9 Å². The third kappa shape index (κ3) is 5.30. The number of likely N-dealkylation sites (tertiary alicyclic amines) is 2. The number of rotatable bonds is 6. The molecule has 162 valence electrons. The monoisotopic (exact) mass is 435 g/mol. The summed E-state index contributed by atoms with van der Waals surface area (Å²) >= 11 is 5.88. The van der Waals surface area contributed by atoms with Crippen molar-refractivity contribution < 1.29 is 23.9 Å². The molecule has 0 bridgehead atoms. The Kier molecular flexibility index (Phi) is 7.31. The predicted octanol–water partition coefficient (Wildman–Crippen LogP) is 2.14. The smallest absolute Gasteiger partial charge is 0.318 e. The Morgan fingerprint density at radius 1 is 1.03 bits per heavy atom. The highest BCUT2D eigenvalue weighted by atomic mass is 35.5. The molecule has 9 heteroatoms. The van der Waals surface area contributed by atoms with E-state index in [2.05, 4.69) is 5.32 Å². The van der Waals surface area contributed by atoms with Crippen LogP contribution in [0.2, 0.25) is 5.02 Å². The summed E-state index contributed by atoms with van der Waals surface area (Å²) in [4.78, 5) is 52.3. The molecule has 3 rings (SSSR count). The van der Waals surface area contributed by atoms with E-state index in [0.717, 1.165) is 12.0 Å². The lowest BCUT2D eigenvalue weighted by atomic mass is 10.1. The molecular weight excluding hydrogens is 410 g/mol. The van der Waals surface area contributed by atoms with E-state index in [9.17, 15) is 19.2 Å². The lowest BCUT2D eigenvalue weighted by Gasteiger charge is -2.31. The van der Waals surface area contributed by atoms with E-state index in [1.54, 1.807) is 21.9 Å². The van der Waals surface area contributed by atoms with Gasteiger partial charge in [0.1, 0.15) is 6.04 Å². The van der Waals surface area contributed by atoms with Crippen LogP contribution in [0.25, 0.3) is 0 Å². The molecule has 2 aliphatic rings. The minimum absolute atomic E-state index is 0.215. The second-order valence-corrected chi connectivity index (χ2v) is 8.01. The number of Topliss-reactive ketones (excluding diaryl/α,β-unsaturated/α-hetero) is 1. The molecular formula is C21H26ClN3O5. The topological polar surface area (TPSA) is 96.0 Å². The summed E-state index contributed by atoms with van der Waals surface area (Å²) in [7, 11) is 0. The maximum absolute atomic E-state index is 13.2. The van der Waals surface area contributed by atoms with E-state index in [1.807, 2.05) is 12.1 Å². The first-order valence-electron chi connectivity index (χ1n) is 10.1. The molecule has 2 aliphatic heterocycles. The largest absolute Gasteiger partial charge is 0.458 e. The highest BCUT2D eigenvalue weighted by molar-refractivity contribution is 6.30. The first-order chi connectivity index (χ1) is 14.4. The molecule has 0 aliphatic carbocycles. The fraction of sp³-hybridized carbons (Fsp3) is 0.524. The van der Waals surface area contributed by atoms with Crippen LogP contribution in [0.4, 0.5) is 4.79 Å². The van der Waals surface area contributed by atoms with Crippen LogP contribution in [0.15, 0.2) is 24.3 Å². The van der Waals surface area contributed by atoms with Gasteiger partial charge in [-0.05, 0) is 43.4 Å². The predicted molar refractivity (Wildman–Crippen MR) is 110 cm³/mol. The minimum atomic E-state index is -0.601. The molecule has 0 spiro atoms. The van der Waals surface area contributed by atoms with Gasteiger partial charge in [-0.2, -0.15) is 0 Å². The average Bonchev–Trinajstić information content (AvgIpc) is 3.40. The van der Waals surface area contributed by atoms with Gasteiger partial charge in [-0.3, -0.25) is 14.4 Å². The van der Waals surface area contributed by atoms with Crippen molar-refractivity contribution in [2.45, 2.75) is 51.2 Å². The molecule has 1 aromatic carbocycles. The molecule has 2 fully saturated rings. The molecule has 2 saturated heterocycles. The van der Waals surface area contributed by atoms with Gasteiger partial charge in [-0.15, -0.1) is 0 Å². The van der Waals surface area contributed by atoms with Gasteiger partial charge in [0.15, 0.2) is 12.4 Å². The summed E-state index contributed by atoms with van der Waals surface area (Å²) < 4.78 is 4.80. The van der Waals surface area contributed by atoms with Crippen molar-refractivity contribution in [2.75, 3.05) is 19.7 Å². The van der Waals surface area contributed by atoms with Crippen LogP contribution in [-0.4, -0.2) is 65.3 Å². The lowest BCUT2D eigenvalue weighted by molar-refractivity contribution is -0.148. The number of carbonyl (C=O) groups is 4. The van der Waals surface area contributed by atoms with Crippen molar-refractivity contribution in [3.8, 4) is 0 Å². The Hall–Kier alpha value is -2.61. The molecule has 8 nitrogen and oxygen atoms in total. The Morgan fingerprint density at radius 3 is 2.33 bits per heavy atom. The first kappa shape index (κ1) is 22.1. The standard InChI is InChI=1S/C21H26ClN3O5/c1-14(26)30-13-19(27)17-4-2-10-24(17)20(28)18-5-3-11-25(18)21(29)23-12-15-6-8-16(22)9-7-15/h6-9,17-18H,2-5,10-13H2,1H3,(H,23,29). The summed E-state index contributed by atoms with van der Waals surface area (Å²) in [5.74, 6) is -1.03. The molecule has 2 unspecified atom stereocenters. The number of halogens is 1. The number of carbonyl (C=O) groups excluding carboxylic acids is 4. The second kappa shape index (κ2) is 9.93. The maximum atomic E-state index is 13.2. The Balaban J connectivity index is 1.60. The third-order valence-corrected chi connectivity index (χ3v) is 5.73. The molecule has 1 N–H and O–H groups in total. The number of urea groups is 1. The number of hydrogen-bond acceptors (Lipinski definition) is 5. The number of ether oxygens (including phenoxy) is 1. The minimum Gasteiger partial charge on any atom is -0.458 e. The molecule has 3 amide bonds. The summed E-state index contributed by atoms with van der Waals surface area (Å²) in [5, 5.41) is 3.48. The van der Waals surface area contributed by atoms with Crippen molar-refractivity contribution in [2.24, 2.45) is 0 Å². The third-order valence-electron chi connectivity index (χ3n) is 5.48. The zero-order valence-electron chi connectivity index (χ0n) is 16.9. The van der Waals surface area contributed by atoms with E-state index in [1.165, 1.54) is 6.92 Å². The number of esters is 1. The lowest BCUT2D eigenvalue weighted by Crippen LogP contribution is -2.53. The van der Waals surface area contributed by atoms with E-state index in [0.29, 0.717) is 43.9 Å². The van der Waals surface area contributed by atoms with Gasteiger partial charge < -0.3 is 19.9 Å². The highest BCUT2D eigenvalue weighted by Gasteiger charge is 2.42. The fourth-order valence-electron chi connectivity index (χ4n) is 3.97. The molecule has 0 radical (unpaired) electrons. The Labute approximate surface area is 180 Å². The van der Waals surface area contributed by atoms with Gasteiger partial charge in [0.25, 0.3) is 0 Å². The number of ketones is 1. The van der Waals surface area contributed by atoms with Gasteiger partial charge in [0.05, 0.1) is 6.04 Å². The Morgan fingerprint density at radius 2 is 1.67 bits per heavy atom. The Bertz CT molecular complexity index is 813. The molecule has 30 heavy (non-hydrogen) atoms. The van der Waals surface area contributed by atoms with Gasteiger partial charge in [0.2, 0.25) is 5.91 Å². The molecule has 2 atom stereocenters. The molecule has 0 saturated carbocycles. The molecule has 0 aromatic heterocycles. The van der Waals surface area contributed by atoms with Crippen molar-refractivity contribution in [1.29, 1.82) is 0 Å². The number of nitrogens with zero attached hydrogens (tertiary/aromatic N) is 2. The van der Waals surface area contributed by atoms with Crippen LogP contribution < -0.4 is 5.32 Å². The second-order valence-electron chi connectivity index (χ2n) is 7.57. The number of benzene rings is 1. The first-order valence-corrected chi connectivity index (χ1v) is 10.5. The average molecular weight is 436 g/mol. The highest BCUT2D eigenvalue weighted by Crippen LogP contribution is 2.25. The van der Waals surface area contributed by atoms with E-state index in [-0.39, 0.29) is 24.3 Å². The van der Waals surface area contributed by atoms with Gasteiger partial charge in [-0.1, -0.05) is 23.7 Å². The molecule has 2 heterocycles. The normalized spacial score (nSPS) is 20.9.